The first kappa shape index (κ1) is 19.8. The number of fused-ring (bicyclic) bond motifs is 2. The fraction of sp³-hybridized carbons (Fsp3) is 0.375. The van der Waals surface area contributed by atoms with Gasteiger partial charge in [-0.05, 0) is 49.4 Å². The van der Waals surface area contributed by atoms with Gasteiger partial charge in [0.05, 0.1) is 23.6 Å². The molecule has 1 fully saturated rings. The van der Waals surface area contributed by atoms with E-state index in [1.807, 2.05) is 46.8 Å². The fourth-order valence-corrected chi connectivity index (χ4v) is 4.73. The van der Waals surface area contributed by atoms with Crippen molar-refractivity contribution in [1.29, 1.82) is 0 Å². The van der Waals surface area contributed by atoms with Crippen molar-refractivity contribution in [3.05, 3.63) is 81.5 Å². The molecule has 1 N–H and O–H groups in total. The fourth-order valence-electron chi connectivity index (χ4n) is 4.73. The number of carbonyl (C=O) groups excluding carboxylic acids is 1. The molecule has 4 heterocycles. The number of H-pyrrole nitrogens is 1. The first-order valence-electron chi connectivity index (χ1n) is 10.9. The molecule has 2 aliphatic rings. The number of hydrogen-bond acceptors (Lipinski definition) is 4. The van der Waals surface area contributed by atoms with Gasteiger partial charge in [-0.3, -0.25) is 9.59 Å². The number of carbonyl (C=O) groups is 1. The Morgan fingerprint density at radius 1 is 1.16 bits per heavy atom. The number of aromatic nitrogens is 3. The number of amides is 1. The van der Waals surface area contributed by atoms with Gasteiger partial charge >= 0.3 is 0 Å². The van der Waals surface area contributed by atoms with Crippen LogP contribution in [0.2, 0.25) is 0 Å². The lowest BCUT2D eigenvalue weighted by molar-refractivity contribution is -0.0963. The predicted octanol–water partition coefficient (Wildman–Crippen LogP) is 2.83. The van der Waals surface area contributed by atoms with Gasteiger partial charge in [-0.15, -0.1) is 0 Å². The summed E-state index contributed by atoms with van der Waals surface area (Å²) in [5.41, 5.74) is 3.92. The Labute approximate surface area is 180 Å². The van der Waals surface area contributed by atoms with E-state index in [2.05, 4.69) is 11.2 Å². The Morgan fingerprint density at radius 2 is 1.94 bits per heavy atom. The molecule has 0 unspecified atom stereocenters. The lowest BCUT2D eigenvalue weighted by Crippen LogP contribution is -2.48. The molecule has 3 aromatic rings. The van der Waals surface area contributed by atoms with Crippen molar-refractivity contribution in [1.82, 2.24) is 19.7 Å². The molecule has 1 spiro atoms. The molecule has 1 saturated heterocycles. The van der Waals surface area contributed by atoms with Crippen LogP contribution in [0.25, 0.3) is 5.69 Å². The number of pyridine rings is 1. The molecule has 2 aromatic heterocycles. The Balaban J connectivity index is 1.38. The van der Waals surface area contributed by atoms with Gasteiger partial charge in [-0.25, -0.2) is 4.68 Å². The summed E-state index contributed by atoms with van der Waals surface area (Å²) >= 11 is 0. The molecule has 31 heavy (non-hydrogen) atoms. The second kappa shape index (κ2) is 7.81. The molecule has 0 atom stereocenters. The topological polar surface area (TPSA) is 80.2 Å². The number of aryl methyl sites for hydroxylation is 1. The summed E-state index contributed by atoms with van der Waals surface area (Å²) in [6, 6.07) is 13.2. The second-order valence-corrected chi connectivity index (χ2v) is 8.24. The molecule has 7 nitrogen and oxygen atoms in total. The van der Waals surface area contributed by atoms with Crippen molar-refractivity contribution in [2.24, 2.45) is 0 Å². The van der Waals surface area contributed by atoms with Crippen molar-refractivity contribution in [3.63, 3.8) is 0 Å². The molecular formula is C24H26N4O3. The van der Waals surface area contributed by atoms with Crippen molar-refractivity contribution in [2.75, 3.05) is 19.7 Å². The minimum Gasteiger partial charge on any atom is -0.368 e. The molecular weight excluding hydrogens is 392 g/mol. The average molecular weight is 418 g/mol. The Hall–Kier alpha value is -3.19. The van der Waals surface area contributed by atoms with Gasteiger partial charge in [0.1, 0.15) is 5.60 Å². The molecule has 0 bridgehead atoms. The third kappa shape index (κ3) is 3.49. The third-order valence-electron chi connectivity index (χ3n) is 6.43. The summed E-state index contributed by atoms with van der Waals surface area (Å²) in [4.78, 5) is 29.4. The van der Waals surface area contributed by atoms with Crippen LogP contribution in [0.15, 0.2) is 53.5 Å². The smallest absolute Gasteiger partial charge is 0.255 e. The van der Waals surface area contributed by atoms with Gasteiger partial charge in [0.15, 0.2) is 0 Å². The lowest BCUT2D eigenvalue weighted by atomic mass is 9.83. The van der Waals surface area contributed by atoms with Crippen LogP contribution >= 0.6 is 0 Å². The van der Waals surface area contributed by atoms with E-state index in [1.165, 1.54) is 11.6 Å². The molecule has 160 valence electrons. The predicted molar refractivity (Wildman–Crippen MR) is 116 cm³/mol. The van der Waals surface area contributed by atoms with Crippen molar-refractivity contribution in [2.45, 2.75) is 38.2 Å². The van der Waals surface area contributed by atoms with Crippen LogP contribution in [0.5, 0.6) is 0 Å². The first-order chi connectivity index (χ1) is 15.1. The summed E-state index contributed by atoms with van der Waals surface area (Å²) < 4.78 is 8.25. The van der Waals surface area contributed by atoms with Crippen LogP contribution in [0, 0.1) is 0 Å². The maximum atomic E-state index is 13.1. The summed E-state index contributed by atoms with van der Waals surface area (Å²) in [7, 11) is 0. The molecule has 0 saturated carbocycles. The van der Waals surface area contributed by atoms with Crippen molar-refractivity contribution >= 4 is 5.91 Å². The Morgan fingerprint density at radius 3 is 2.68 bits per heavy atom. The van der Waals surface area contributed by atoms with Crippen molar-refractivity contribution < 1.29 is 9.53 Å². The average Bonchev–Trinajstić information content (AvgIpc) is 3.26. The highest BCUT2D eigenvalue weighted by Crippen LogP contribution is 2.41. The molecule has 5 rings (SSSR count). The highest BCUT2D eigenvalue weighted by Gasteiger charge is 2.44. The molecule has 1 aromatic carbocycles. The number of hydrogen-bond donors (Lipinski definition) is 1. The number of nitrogens with zero attached hydrogens (tertiary/aromatic N) is 3. The lowest BCUT2D eigenvalue weighted by Gasteiger charge is -2.43. The van der Waals surface area contributed by atoms with E-state index in [4.69, 9.17) is 9.84 Å². The van der Waals surface area contributed by atoms with Gasteiger partial charge in [-0.2, -0.15) is 5.10 Å². The Kier molecular flexibility index (Phi) is 4.98. The number of likely N-dealkylation sites (tertiary alicyclic amines) is 1. The number of aromatic amines is 1. The van der Waals surface area contributed by atoms with E-state index in [-0.39, 0.29) is 11.5 Å². The van der Waals surface area contributed by atoms with Crippen LogP contribution in [-0.4, -0.2) is 45.3 Å². The molecule has 2 aliphatic heterocycles. The summed E-state index contributed by atoms with van der Waals surface area (Å²) in [6.45, 7) is 3.80. The monoisotopic (exact) mass is 418 g/mol. The van der Waals surface area contributed by atoms with Crippen LogP contribution in [0.4, 0.5) is 0 Å². The highest BCUT2D eigenvalue weighted by atomic mass is 16.5. The zero-order valence-corrected chi connectivity index (χ0v) is 17.6. The summed E-state index contributed by atoms with van der Waals surface area (Å²) in [5, 5.41) is 4.91. The largest absolute Gasteiger partial charge is 0.368 e. The number of para-hydroxylation sites is 1. The first-order valence-corrected chi connectivity index (χ1v) is 10.9. The minimum absolute atomic E-state index is 0.0335. The van der Waals surface area contributed by atoms with Crippen LogP contribution in [-0.2, 0) is 23.2 Å². The maximum Gasteiger partial charge on any atom is 0.255 e. The molecule has 0 radical (unpaired) electrons. The van der Waals surface area contributed by atoms with Crippen LogP contribution in [0.3, 0.4) is 0 Å². The van der Waals surface area contributed by atoms with Gasteiger partial charge < -0.3 is 14.6 Å². The van der Waals surface area contributed by atoms with Gasteiger partial charge in [0.25, 0.3) is 5.91 Å². The summed E-state index contributed by atoms with van der Waals surface area (Å²) in [5.74, 6) is -0.0335. The third-order valence-corrected chi connectivity index (χ3v) is 6.43. The van der Waals surface area contributed by atoms with Gasteiger partial charge in [0, 0.05) is 31.0 Å². The van der Waals surface area contributed by atoms with E-state index >= 15 is 0 Å². The zero-order chi connectivity index (χ0) is 21.4. The number of ether oxygens (including phenoxy) is 1. The van der Waals surface area contributed by atoms with Gasteiger partial charge in [0.2, 0.25) is 5.56 Å². The number of benzene rings is 1. The maximum absolute atomic E-state index is 13.1. The van der Waals surface area contributed by atoms with E-state index in [9.17, 15) is 9.59 Å². The van der Waals surface area contributed by atoms with E-state index in [1.54, 1.807) is 6.07 Å². The van der Waals surface area contributed by atoms with Crippen molar-refractivity contribution in [3.8, 4) is 5.69 Å². The zero-order valence-electron chi connectivity index (χ0n) is 17.6. The van der Waals surface area contributed by atoms with E-state index in [0.29, 0.717) is 50.2 Å². The van der Waals surface area contributed by atoms with Gasteiger partial charge in [-0.1, -0.05) is 25.1 Å². The highest BCUT2D eigenvalue weighted by molar-refractivity contribution is 5.95. The second-order valence-electron chi connectivity index (χ2n) is 8.24. The Bertz CT molecular complexity index is 1160. The number of piperidine rings is 1. The van der Waals surface area contributed by atoms with Crippen LogP contribution < -0.4 is 5.56 Å². The minimum atomic E-state index is -0.441. The molecule has 1 amide bonds. The SMILES string of the molecule is CCc1[nH]c(=O)ccc1C(=O)N1CCC2(CC1)OCCc1cn(-c3ccccc3)nc12. The molecule has 0 aliphatic carbocycles. The normalized spacial score (nSPS) is 17.5. The standard InChI is InChI=1S/C24H26N4O3/c1-2-20-19(8-9-21(29)25-20)23(30)27-13-11-24(12-14-27)22-17(10-15-31-24)16-28(26-22)18-6-4-3-5-7-18/h3-9,16H,2,10-15H2,1H3,(H,25,29). The summed E-state index contributed by atoms with van der Waals surface area (Å²) in [6.07, 6.45) is 4.99. The van der Waals surface area contributed by atoms with E-state index in [0.717, 1.165) is 17.8 Å². The van der Waals surface area contributed by atoms with E-state index < -0.39 is 5.60 Å². The van der Waals surface area contributed by atoms with Crippen LogP contribution in [0.1, 0.15) is 47.1 Å². The quantitative estimate of drug-likeness (QED) is 0.709. The number of rotatable bonds is 3. The number of nitrogens with one attached hydrogen (secondary N) is 1. The molecule has 7 heteroatoms.